The lowest BCUT2D eigenvalue weighted by atomic mass is 9.98. The van der Waals surface area contributed by atoms with Crippen molar-refractivity contribution in [3.8, 4) is 0 Å². The van der Waals surface area contributed by atoms with Crippen molar-refractivity contribution < 1.29 is 17.7 Å². The van der Waals surface area contributed by atoms with Crippen molar-refractivity contribution in [2.75, 3.05) is 0 Å². The largest absolute Gasteiger partial charge is 0.414 e. The minimum Gasteiger partial charge on any atom is -0.414 e. The predicted octanol–water partition coefficient (Wildman–Crippen LogP) is 8.40. The first kappa shape index (κ1) is 30.3. The molecule has 206 valence electrons. The Kier molecular flexibility index (Phi) is 9.56. The van der Waals surface area contributed by atoms with Gasteiger partial charge in [0.2, 0.25) is 31.3 Å². The first-order valence-electron chi connectivity index (χ1n) is 14.7. The van der Waals surface area contributed by atoms with Crippen LogP contribution in [0.3, 0.4) is 0 Å². The molecule has 0 radical (unpaired) electrons. The molecule has 4 rings (SSSR count). The van der Waals surface area contributed by atoms with Crippen LogP contribution in [-0.4, -0.2) is 54.7 Å². The third kappa shape index (κ3) is 7.64. The van der Waals surface area contributed by atoms with Gasteiger partial charge in [-0.2, -0.15) is 0 Å². The molecule has 4 aliphatic rings. The molecular formula is C27H58O4Si4. The zero-order chi connectivity index (χ0) is 26.2. The molecule has 2 atom stereocenters. The van der Waals surface area contributed by atoms with Crippen molar-refractivity contribution in [1.29, 1.82) is 0 Å². The molecule has 2 heterocycles. The molecule has 0 aromatic carbocycles. The summed E-state index contributed by atoms with van der Waals surface area (Å²) in [5.41, 5.74) is 0.166. The van der Waals surface area contributed by atoms with Crippen molar-refractivity contribution in [1.82, 2.24) is 0 Å². The Balaban J connectivity index is 0.000000196. The molecule has 0 aromatic rings. The van der Waals surface area contributed by atoms with E-state index in [0.29, 0.717) is 12.2 Å². The molecule has 35 heavy (non-hydrogen) atoms. The Hall–Kier alpha value is 0.708. The van der Waals surface area contributed by atoms with Gasteiger partial charge in [0.05, 0.1) is 11.2 Å². The van der Waals surface area contributed by atoms with Crippen LogP contribution in [0.5, 0.6) is 0 Å². The van der Waals surface area contributed by atoms with Gasteiger partial charge in [0.25, 0.3) is 0 Å². The van der Waals surface area contributed by atoms with E-state index in [2.05, 4.69) is 67.0 Å². The van der Waals surface area contributed by atoms with Crippen molar-refractivity contribution in [3.63, 3.8) is 0 Å². The summed E-state index contributed by atoms with van der Waals surface area (Å²) >= 11 is 0. The van der Waals surface area contributed by atoms with Crippen molar-refractivity contribution in [2.45, 2.75) is 173 Å². The van der Waals surface area contributed by atoms with E-state index < -0.39 is 31.3 Å². The fourth-order valence-corrected chi connectivity index (χ4v) is 26.2. The maximum absolute atomic E-state index is 6.70. The topological polar surface area (TPSA) is 36.9 Å². The maximum atomic E-state index is 6.70. The third-order valence-electron chi connectivity index (χ3n) is 9.73. The second kappa shape index (κ2) is 11.1. The van der Waals surface area contributed by atoms with Crippen LogP contribution in [-0.2, 0) is 17.7 Å². The Morgan fingerprint density at radius 1 is 0.543 bits per heavy atom. The fraction of sp³-hybridized carbons (Fsp3) is 1.00. The van der Waals surface area contributed by atoms with Gasteiger partial charge >= 0.3 is 0 Å². The first-order chi connectivity index (χ1) is 16.0. The summed E-state index contributed by atoms with van der Waals surface area (Å²) in [6, 6.07) is 2.60. The van der Waals surface area contributed by atoms with E-state index >= 15 is 0 Å². The monoisotopic (exact) mass is 558 g/mol. The van der Waals surface area contributed by atoms with Crippen LogP contribution >= 0.6 is 0 Å². The first-order valence-corrected chi connectivity index (χ1v) is 27.8. The van der Waals surface area contributed by atoms with E-state index in [0.717, 1.165) is 0 Å². The van der Waals surface area contributed by atoms with Crippen molar-refractivity contribution >= 4 is 31.3 Å². The number of hydrogen-bond acceptors (Lipinski definition) is 4. The van der Waals surface area contributed by atoms with Gasteiger partial charge in [0.15, 0.2) is 0 Å². The van der Waals surface area contributed by atoms with Gasteiger partial charge in [-0.25, -0.2) is 0 Å². The van der Waals surface area contributed by atoms with Gasteiger partial charge < -0.3 is 17.7 Å². The highest BCUT2D eigenvalue weighted by atomic mass is 29.3. The summed E-state index contributed by atoms with van der Waals surface area (Å²) in [6.45, 7) is 23.4. The lowest BCUT2D eigenvalue weighted by molar-refractivity contribution is 0.0759. The smallest absolute Gasteiger partial charge is 0.208 e. The molecule has 2 aliphatic heterocycles. The lowest BCUT2D eigenvalue weighted by Crippen LogP contribution is -2.68. The fourth-order valence-electron chi connectivity index (χ4n) is 6.71. The molecule has 4 fully saturated rings. The summed E-state index contributed by atoms with van der Waals surface area (Å²) in [4.78, 5) is 0. The van der Waals surface area contributed by atoms with Crippen LogP contribution < -0.4 is 0 Å². The summed E-state index contributed by atoms with van der Waals surface area (Å²) < 4.78 is 26.3. The summed E-state index contributed by atoms with van der Waals surface area (Å²) in [5.74, 6) is 0. The van der Waals surface area contributed by atoms with Crippen LogP contribution in [0.25, 0.3) is 0 Å². The van der Waals surface area contributed by atoms with Crippen molar-refractivity contribution in [3.05, 3.63) is 0 Å². The molecule has 2 aliphatic carbocycles. The van der Waals surface area contributed by atoms with Gasteiger partial charge in [0.1, 0.15) is 0 Å². The molecule has 0 aromatic heterocycles. The molecule has 0 spiro atoms. The second-order valence-corrected chi connectivity index (χ2v) is 41.0. The molecule has 0 amide bonds. The highest BCUT2D eigenvalue weighted by Gasteiger charge is 2.57. The van der Waals surface area contributed by atoms with E-state index in [4.69, 9.17) is 17.7 Å². The SMILES string of the molecule is CC1(C)CC[Si](C)(OC2CCCC2)[Si](C)(C)O1.CC1(C)CC[Si](C)(OC2CCCCC2)[Si](C)(C)O1. The number of hydrogen-bond donors (Lipinski definition) is 0. The van der Waals surface area contributed by atoms with Crippen LogP contribution in [0.15, 0.2) is 0 Å². The molecule has 4 nitrogen and oxygen atoms in total. The molecular weight excluding hydrogens is 501 g/mol. The highest BCUT2D eigenvalue weighted by Crippen LogP contribution is 2.42. The van der Waals surface area contributed by atoms with E-state index in [1.165, 1.54) is 82.7 Å². The van der Waals surface area contributed by atoms with Gasteiger partial charge in [-0.15, -0.1) is 0 Å². The molecule has 2 saturated heterocycles. The van der Waals surface area contributed by atoms with Gasteiger partial charge in [-0.05, 0) is 118 Å². The minimum absolute atomic E-state index is 0.0815. The number of rotatable bonds is 4. The molecule has 2 unspecified atom stereocenters. The quantitative estimate of drug-likeness (QED) is 0.325. The van der Waals surface area contributed by atoms with Crippen LogP contribution in [0.4, 0.5) is 0 Å². The predicted molar refractivity (Wildman–Crippen MR) is 159 cm³/mol. The average Bonchev–Trinajstić information content (AvgIpc) is 3.22. The second-order valence-electron chi connectivity index (χ2n) is 14.6. The minimum atomic E-state index is -1.65. The Bertz CT molecular complexity index is 701. The Labute approximate surface area is 221 Å². The molecule has 0 N–H and O–H groups in total. The van der Waals surface area contributed by atoms with E-state index in [9.17, 15) is 0 Å². The van der Waals surface area contributed by atoms with Gasteiger partial charge in [-0.1, -0.05) is 32.1 Å². The molecule has 8 heteroatoms. The van der Waals surface area contributed by atoms with Gasteiger partial charge in [0, 0.05) is 12.2 Å². The summed E-state index contributed by atoms with van der Waals surface area (Å²) in [7, 11) is -6.50. The Morgan fingerprint density at radius 3 is 1.17 bits per heavy atom. The standard InChI is InChI=1S/C14H30O2Si2.C13H28O2Si2/c1-14(2)11-12-18(5,17(3,4)16-14)15-13-9-7-6-8-10-13;1-13(2)10-11-17(5,16(3,4)15-13)14-12-8-6-7-9-12/h13H,6-12H2,1-5H3;12H,6-11H2,1-5H3. The summed E-state index contributed by atoms with van der Waals surface area (Å²) in [6.07, 6.45) is 15.5. The van der Waals surface area contributed by atoms with Gasteiger partial charge in [-0.3, -0.25) is 0 Å². The highest BCUT2D eigenvalue weighted by molar-refractivity contribution is 7.36. The normalized spacial score (nSPS) is 36.9. The van der Waals surface area contributed by atoms with E-state index in [-0.39, 0.29) is 11.2 Å². The zero-order valence-corrected chi connectivity index (χ0v) is 29.0. The van der Waals surface area contributed by atoms with Crippen LogP contribution in [0.1, 0.15) is 98.3 Å². The van der Waals surface area contributed by atoms with Crippen molar-refractivity contribution in [2.24, 2.45) is 0 Å². The molecule has 2 saturated carbocycles. The lowest BCUT2D eigenvalue weighted by Gasteiger charge is -2.51. The Morgan fingerprint density at radius 2 is 0.857 bits per heavy atom. The van der Waals surface area contributed by atoms with E-state index in [1.54, 1.807) is 0 Å². The maximum Gasteiger partial charge on any atom is 0.208 e. The summed E-state index contributed by atoms with van der Waals surface area (Å²) in [5, 5.41) is 0. The molecule has 0 bridgehead atoms. The van der Waals surface area contributed by atoms with E-state index in [1.807, 2.05) is 0 Å². The third-order valence-corrected chi connectivity index (χ3v) is 39.2. The van der Waals surface area contributed by atoms with Crippen LogP contribution in [0, 0.1) is 0 Å². The average molecular weight is 559 g/mol. The zero-order valence-electron chi connectivity index (χ0n) is 25.0. The van der Waals surface area contributed by atoms with Crippen LogP contribution in [0.2, 0.25) is 51.4 Å².